The lowest BCUT2D eigenvalue weighted by Crippen LogP contribution is -2.48. The highest BCUT2D eigenvalue weighted by Gasteiger charge is 2.40. The number of hydrogen-bond donors (Lipinski definition) is 1. The Hall–Kier alpha value is -3.53. The van der Waals surface area contributed by atoms with Crippen LogP contribution in [0, 0.1) is 6.92 Å². The fourth-order valence-electron chi connectivity index (χ4n) is 5.14. The number of anilines is 1. The first-order valence-electron chi connectivity index (χ1n) is 13.3. The Labute approximate surface area is 222 Å². The summed E-state index contributed by atoms with van der Waals surface area (Å²) in [5.41, 5.74) is 4.79. The summed E-state index contributed by atoms with van der Waals surface area (Å²) in [6, 6.07) is 14.3. The van der Waals surface area contributed by atoms with Crippen LogP contribution < -0.4 is 5.32 Å². The molecule has 9 nitrogen and oxygen atoms in total. The molecule has 9 heteroatoms. The van der Waals surface area contributed by atoms with Crippen molar-refractivity contribution >= 4 is 5.82 Å². The van der Waals surface area contributed by atoms with Crippen LogP contribution in [0.25, 0.3) is 22.8 Å². The van der Waals surface area contributed by atoms with Gasteiger partial charge in [0, 0.05) is 50.4 Å². The Balaban J connectivity index is 1.08. The standard InChI is InChI=1S/C29H34N6O3/c1-21-15-24(18-35(21)17-22-5-10-26(31-16-22)30-11-14-34-12-3-4-13-34)28-32-27(33-38-28)23-6-8-25(9-7-23)29(36-2)19-37-20-29/h5-10,15-16,18H,3-4,11-14,17,19-20H2,1-2H3,(H,30,31). The molecule has 0 saturated carbocycles. The van der Waals surface area contributed by atoms with Gasteiger partial charge < -0.3 is 28.8 Å². The van der Waals surface area contributed by atoms with E-state index in [1.807, 2.05) is 30.5 Å². The molecular weight excluding hydrogens is 480 g/mol. The lowest BCUT2D eigenvalue weighted by molar-refractivity contribution is -0.202. The van der Waals surface area contributed by atoms with Crippen molar-refractivity contribution in [3.8, 4) is 22.8 Å². The Morgan fingerprint density at radius 2 is 1.87 bits per heavy atom. The van der Waals surface area contributed by atoms with Crippen molar-refractivity contribution in [1.29, 1.82) is 0 Å². The van der Waals surface area contributed by atoms with Gasteiger partial charge in [-0.15, -0.1) is 0 Å². The third kappa shape index (κ3) is 5.09. The van der Waals surface area contributed by atoms with E-state index in [1.54, 1.807) is 7.11 Å². The number of benzene rings is 1. The highest BCUT2D eigenvalue weighted by molar-refractivity contribution is 5.60. The maximum Gasteiger partial charge on any atom is 0.259 e. The van der Waals surface area contributed by atoms with Gasteiger partial charge in [0.1, 0.15) is 11.4 Å². The molecule has 1 N–H and O–H groups in total. The van der Waals surface area contributed by atoms with E-state index in [9.17, 15) is 0 Å². The van der Waals surface area contributed by atoms with Crippen LogP contribution >= 0.6 is 0 Å². The number of ether oxygens (including phenoxy) is 2. The quantitative estimate of drug-likeness (QED) is 0.334. The van der Waals surface area contributed by atoms with Crippen LogP contribution in [0.5, 0.6) is 0 Å². The molecule has 1 aromatic carbocycles. The number of pyridine rings is 1. The molecule has 2 aliphatic heterocycles. The second-order valence-electron chi connectivity index (χ2n) is 10.2. The normalized spacial score (nSPS) is 17.0. The van der Waals surface area contributed by atoms with Gasteiger partial charge in [-0.25, -0.2) is 4.98 Å². The molecule has 6 rings (SSSR count). The molecule has 198 valence electrons. The van der Waals surface area contributed by atoms with Gasteiger partial charge in [0.2, 0.25) is 5.82 Å². The van der Waals surface area contributed by atoms with E-state index in [2.05, 4.69) is 61.2 Å². The smallest absolute Gasteiger partial charge is 0.259 e. The third-order valence-corrected chi connectivity index (χ3v) is 7.63. The van der Waals surface area contributed by atoms with Crippen molar-refractivity contribution < 1.29 is 14.0 Å². The molecule has 0 unspecified atom stereocenters. The molecule has 2 fully saturated rings. The van der Waals surface area contributed by atoms with Gasteiger partial charge in [0.05, 0.1) is 18.8 Å². The Morgan fingerprint density at radius 1 is 1.05 bits per heavy atom. The Bertz CT molecular complexity index is 1350. The van der Waals surface area contributed by atoms with Crippen LogP contribution in [0.1, 0.15) is 29.7 Å². The van der Waals surface area contributed by atoms with Crippen molar-refractivity contribution in [1.82, 2.24) is 24.6 Å². The average Bonchev–Trinajstić information content (AvgIpc) is 3.68. The minimum Gasteiger partial charge on any atom is -0.375 e. The van der Waals surface area contributed by atoms with Crippen LogP contribution in [0.15, 0.2) is 59.4 Å². The fourth-order valence-corrected chi connectivity index (χ4v) is 5.14. The monoisotopic (exact) mass is 514 g/mol. The number of hydrogen-bond acceptors (Lipinski definition) is 8. The minimum absolute atomic E-state index is 0.346. The summed E-state index contributed by atoms with van der Waals surface area (Å²) in [4.78, 5) is 11.8. The highest BCUT2D eigenvalue weighted by atomic mass is 16.6. The second-order valence-corrected chi connectivity index (χ2v) is 10.2. The van der Waals surface area contributed by atoms with E-state index in [0.29, 0.717) is 24.9 Å². The second kappa shape index (κ2) is 10.7. The van der Waals surface area contributed by atoms with Crippen molar-refractivity contribution in [2.75, 3.05) is 51.8 Å². The maximum absolute atomic E-state index is 5.68. The molecular formula is C29H34N6O3. The summed E-state index contributed by atoms with van der Waals surface area (Å²) in [6.07, 6.45) is 6.63. The van der Waals surface area contributed by atoms with Gasteiger partial charge >= 0.3 is 0 Å². The molecule has 0 spiro atoms. The van der Waals surface area contributed by atoms with E-state index in [0.717, 1.165) is 53.4 Å². The van der Waals surface area contributed by atoms with Gasteiger partial charge in [-0.1, -0.05) is 35.5 Å². The zero-order valence-corrected chi connectivity index (χ0v) is 22.0. The molecule has 38 heavy (non-hydrogen) atoms. The van der Waals surface area contributed by atoms with E-state index in [-0.39, 0.29) is 5.60 Å². The molecule has 4 aromatic rings. The molecule has 0 bridgehead atoms. The molecule has 2 saturated heterocycles. The summed E-state index contributed by atoms with van der Waals surface area (Å²) >= 11 is 0. The SMILES string of the molecule is COC1(c2ccc(-c3noc(-c4cc(C)n(Cc5ccc(NCCN6CCCC6)nc5)c4)n3)cc2)COC1. The number of rotatable bonds is 10. The number of aromatic nitrogens is 4. The Kier molecular flexibility index (Phi) is 6.97. The largest absolute Gasteiger partial charge is 0.375 e. The Morgan fingerprint density at radius 3 is 2.55 bits per heavy atom. The van der Waals surface area contributed by atoms with Crippen molar-refractivity contribution in [3.63, 3.8) is 0 Å². The summed E-state index contributed by atoms with van der Waals surface area (Å²) in [6.45, 7) is 8.37. The summed E-state index contributed by atoms with van der Waals surface area (Å²) in [7, 11) is 1.72. The first kappa shape index (κ1) is 24.8. The first-order valence-corrected chi connectivity index (χ1v) is 13.3. The van der Waals surface area contributed by atoms with Crippen LogP contribution in [0.3, 0.4) is 0 Å². The first-order chi connectivity index (χ1) is 18.6. The van der Waals surface area contributed by atoms with Gasteiger partial charge in [0.15, 0.2) is 0 Å². The van der Waals surface area contributed by atoms with Gasteiger partial charge in [-0.05, 0) is 56.1 Å². The number of likely N-dealkylation sites (tertiary alicyclic amines) is 1. The van der Waals surface area contributed by atoms with Gasteiger partial charge in [-0.2, -0.15) is 4.98 Å². The van der Waals surface area contributed by atoms with Crippen LogP contribution in [-0.4, -0.2) is 71.1 Å². The molecule has 3 aromatic heterocycles. The molecule has 0 amide bonds. The predicted octanol–water partition coefficient (Wildman–Crippen LogP) is 4.34. The predicted molar refractivity (Wildman–Crippen MR) is 145 cm³/mol. The molecule has 5 heterocycles. The van der Waals surface area contributed by atoms with Crippen molar-refractivity contribution in [2.24, 2.45) is 0 Å². The van der Waals surface area contributed by atoms with Crippen LogP contribution in [-0.2, 0) is 21.6 Å². The van der Waals surface area contributed by atoms with Gasteiger partial charge in [0.25, 0.3) is 5.89 Å². The third-order valence-electron chi connectivity index (χ3n) is 7.63. The minimum atomic E-state index is -0.346. The molecule has 0 radical (unpaired) electrons. The number of nitrogens with zero attached hydrogens (tertiary/aromatic N) is 5. The van der Waals surface area contributed by atoms with E-state index in [4.69, 9.17) is 14.0 Å². The summed E-state index contributed by atoms with van der Waals surface area (Å²) < 4.78 is 18.8. The lowest BCUT2D eigenvalue weighted by atomic mass is 9.91. The number of aryl methyl sites for hydroxylation is 1. The summed E-state index contributed by atoms with van der Waals surface area (Å²) in [5, 5.41) is 7.66. The van der Waals surface area contributed by atoms with Crippen LogP contribution in [0.4, 0.5) is 5.82 Å². The topological polar surface area (TPSA) is 90.5 Å². The molecule has 0 atom stereocenters. The number of methoxy groups -OCH3 is 1. The van der Waals surface area contributed by atoms with Crippen LogP contribution in [0.2, 0.25) is 0 Å². The van der Waals surface area contributed by atoms with Crippen molar-refractivity contribution in [3.05, 3.63) is 71.7 Å². The van der Waals surface area contributed by atoms with E-state index in [1.165, 1.54) is 25.9 Å². The van der Waals surface area contributed by atoms with E-state index >= 15 is 0 Å². The average molecular weight is 515 g/mol. The summed E-state index contributed by atoms with van der Waals surface area (Å²) in [5.74, 6) is 1.98. The molecule has 0 aliphatic carbocycles. The van der Waals surface area contributed by atoms with E-state index < -0.39 is 0 Å². The van der Waals surface area contributed by atoms with Crippen molar-refractivity contribution in [2.45, 2.75) is 31.9 Å². The zero-order valence-electron chi connectivity index (χ0n) is 22.0. The zero-order chi connectivity index (χ0) is 26.0. The molecule has 2 aliphatic rings. The maximum atomic E-state index is 5.68. The lowest BCUT2D eigenvalue weighted by Gasteiger charge is -2.40. The number of nitrogens with one attached hydrogen (secondary N) is 1. The van der Waals surface area contributed by atoms with Gasteiger partial charge in [-0.3, -0.25) is 0 Å². The highest BCUT2D eigenvalue weighted by Crippen LogP contribution is 2.34. The fraction of sp³-hybridized carbons (Fsp3) is 0.414.